The molecule has 0 spiro atoms. The molecule has 1 aromatic carbocycles. The van der Waals surface area contributed by atoms with Gasteiger partial charge in [0.25, 0.3) is 5.91 Å². The molecule has 1 N–H and O–H groups in total. The van der Waals surface area contributed by atoms with Gasteiger partial charge in [0, 0.05) is 43.9 Å². The molecular formula is C26H33N5O4. The quantitative estimate of drug-likeness (QED) is 0.494. The molecule has 4 rings (SSSR count). The maximum atomic E-state index is 13.2. The third kappa shape index (κ3) is 5.45. The van der Waals surface area contributed by atoms with E-state index in [0.29, 0.717) is 48.0 Å². The minimum absolute atomic E-state index is 0.0681. The Morgan fingerprint density at radius 3 is 2.49 bits per heavy atom. The Kier molecular flexibility index (Phi) is 7.65. The summed E-state index contributed by atoms with van der Waals surface area (Å²) in [7, 11) is 1.36. The zero-order valence-corrected chi connectivity index (χ0v) is 20.9. The highest BCUT2D eigenvalue weighted by atomic mass is 16.5. The number of aryl methyl sites for hydroxylation is 3. The van der Waals surface area contributed by atoms with Crippen LogP contribution in [0.5, 0.6) is 0 Å². The molecule has 1 amide bonds. The van der Waals surface area contributed by atoms with E-state index in [1.54, 1.807) is 6.92 Å². The van der Waals surface area contributed by atoms with Gasteiger partial charge >= 0.3 is 5.97 Å². The number of aromatic nitrogens is 3. The maximum Gasteiger partial charge on any atom is 0.339 e. The summed E-state index contributed by atoms with van der Waals surface area (Å²) in [5, 5.41) is 4.10. The SMILES string of the molecule is CCc1[nH]c(C(=O)N2CCN(CCCc3nc(-c4ccc(C)cc4)no3)CC2)c(C)c1C(=O)OC. The minimum atomic E-state index is -0.410. The Labute approximate surface area is 205 Å². The second-order valence-corrected chi connectivity index (χ2v) is 8.94. The van der Waals surface area contributed by atoms with Crippen LogP contribution in [0.15, 0.2) is 28.8 Å². The number of aromatic amines is 1. The summed E-state index contributed by atoms with van der Waals surface area (Å²) in [5.41, 5.74) is 4.50. The molecule has 35 heavy (non-hydrogen) atoms. The summed E-state index contributed by atoms with van der Waals surface area (Å²) >= 11 is 0. The Morgan fingerprint density at radius 1 is 1.11 bits per heavy atom. The predicted octanol–water partition coefficient (Wildman–Crippen LogP) is 3.42. The molecule has 1 fully saturated rings. The Hall–Kier alpha value is -3.46. The fourth-order valence-corrected chi connectivity index (χ4v) is 4.48. The number of benzene rings is 1. The van der Waals surface area contributed by atoms with Gasteiger partial charge in [-0.3, -0.25) is 9.69 Å². The van der Waals surface area contributed by atoms with Crippen molar-refractivity contribution in [3.05, 3.63) is 58.2 Å². The average Bonchev–Trinajstić information content (AvgIpc) is 3.48. The van der Waals surface area contributed by atoms with Crippen LogP contribution in [0.1, 0.15) is 56.9 Å². The van der Waals surface area contributed by atoms with Crippen LogP contribution >= 0.6 is 0 Å². The molecule has 0 unspecified atom stereocenters. The van der Waals surface area contributed by atoms with Crippen molar-refractivity contribution in [3.8, 4) is 11.4 Å². The molecule has 0 aliphatic carbocycles. The van der Waals surface area contributed by atoms with Crippen molar-refractivity contribution in [2.24, 2.45) is 0 Å². The van der Waals surface area contributed by atoms with Crippen LogP contribution in [-0.4, -0.2) is 76.6 Å². The van der Waals surface area contributed by atoms with Gasteiger partial charge < -0.3 is 19.1 Å². The third-order valence-electron chi connectivity index (χ3n) is 6.59. The van der Waals surface area contributed by atoms with Crippen molar-refractivity contribution in [3.63, 3.8) is 0 Å². The molecule has 0 atom stereocenters. The highest BCUT2D eigenvalue weighted by molar-refractivity contribution is 6.00. The van der Waals surface area contributed by atoms with Crippen molar-refractivity contribution in [1.82, 2.24) is 24.9 Å². The molecule has 1 aliphatic rings. The summed E-state index contributed by atoms with van der Waals surface area (Å²) in [4.78, 5) is 37.2. The monoisotopic (exact) mass is 479 g/mol. The van der Waals surface area contributed by atoms with Crippen molar-refractivity contribution >= 4 is 11.9 Å². The molecule has 186 valence electrons. The van der Waals surface area contributed by atoms with E-state index >= 15 is 0 Å². The number of ether oxygens (including phenoxy) is 1. The molecule has 0 radical (unpaired) electrons. The van der Waals surface area contributed by atoms with E-state index in [-0.39, 0.29) is 5.91 Å². The smallest absolute Gasteiger partial charge is 0.339 e. The number of esters is 1. The van der Waals surface area contributed by atoms with Crippen molar-refractivity contribution < 1.29 is 18.8 Å². The number of amides is 1. The molecule has 1 saturated heterocycles. The summed E-state index contributed by atoms with van der Waals surface area (Å²) in [6, 6.07) is 8.07. The first-order valence-corrected chi connectivity index (χ1v) is 12.1. The number of carbonyl (C=O) groups excluding carboxylic acids is 2. The van der Waals surface area contributed by atoms with Gasteiger partial charge in [0.15, 0.2) is 0 Å². The molecule has 2 aromatic heterocycles. The Morgan fingerprint density at radius 2 is 1.83 bits per heavy atom. The van der Waals surface area contributed by atoms with E-state index in [4.69, 9.17) is 9.26 Å². The first-order chi connectivity index (χ1) is 16.9. The van der Waals surface area contributed by atoms with Crippen LogP contribution in [0.25, 0.3) is 11.4 Å². The van der Waals surface area contributed by atoms with Crippen LogP contribution in [0.4, 0.5) is 0 Å². The lowest BCUT2D eigenvalue weighted by atomic mass is 10.1. The average molecular weight is 480 g/mol. The number of H-pyrrole nitrogens is 1. The van der Waals surface area contributed by atoms with Gasteiger partial charge in [-0.05, 0) is 38.8 Å². The highest BCUT2D eigenvalue weighted by Crippen LogP contribution is 2.22. The lowest BCUT2D eigenvalue weighted by Gasteiger charge is -2.34. The van der Waals surface area contributed by atoms with Crippen molar-refractivity contribution in [2.75, 3.05) is 39.8 Å². The standard InChI is InChI=1S/C26H33N5O4/c1-5-20-22(26(33)34-4)18(3)23(27-20)25(32)31-15-13-30(14-16-31)12-6-7-21-28-24(29-35-21)19-10-8-17(2)9-11-19/h8-11,27H,5-7,12-16H2,1-4H3. The molecule has 0 bridgehead atoms. The number of nitrogens with zero attached hydrogens (tertiary/aromatic N) is 4. The van der Waals surface area contributed by atoms with Crippen LogP contribution in [0.2, 0.25) is 0 Å². The summed E-state index contributed by atoms with van der Waals surface area (Å²) < 4.78 is 10.3. The maximum absolute atomic E-state index is 13.2. The second kappa shape index (κ2) is 10.9. The molecule has 3 heterocycles. The van der Waals surface area contributed by atoms with Crippen LogP contribution < -0.4 is 0 Å². The summed E-state index contributed by atoms with van der Waals surface area (Å²) in [6.45, 7) is 9.58. The number of carbonyl (C=O) groups is 2. The number of nitrogens with one attached hydrogen (secondary N) is 1. The van der Waals surface area contributed by atoms with Crippen molar-refractivity contribution in [2.45, 2.75) is 40.0 Å². The van der Waals surface area contributed by atoms with Gasteiger partial charge in [0.2, 0.25) is 11.7 Å². The van der Waals surface area contributed by atoms with E-state index in [1.807, 2.05) is 43.0 Å². The fourth-order valence-electron chi connectivity index (χ4n) is 4.48. The van der Waals surface area contributed by atoms with Gasteiger partial charge in [-0.15, -0.1) is 0 Å². The molecule has 9 nitrogen and oxygen atoms in total. The Bertz CT molecular complexity index is 1170. The van der Waals surface area contributed by atoms with Gasteiger partial charge in [-0.1, -0.05) is 41.9 Å². The van der Waals surface area contributed by atoms with Gasteiger partial charge in [-0.2, -0.15) is 4.98 Å². The summed E-state index contributed by atoms with van der Waals surface area (Å²) in [5.74, 6) is 0.784. The van der Waals surface area contributed by atoms with Crippen LogP contribution in [0, 0.1) is 13.8 Å². The van der Waals surface area contributed by atoms with Crippen LogP contribution in [0.3, 0.4) is 0 Å². The lowest BCUT2D eigenvalue weighted by molar-refractivity contribution is 0.0599. The number of hydrogen-bond donors (Lipinski definition) is 1. The lowest BCUT2D eigenvalue weighted by Crippen LogP contribution is -2.49. The molecule has 0 saturated carbocycles. The van der Waals surface area contributed by atoms with E-state index in [9.17, 15) is 9.59 Å². The van der Waals surface area contributed by atoms with Gasteiger partial charge in [0.1, 0.15) is 5.69 Å². The largest absolute Gasteiger partial charge is 0.465 e. The Balaban J connectivity index is 1.27. The van der Waals surface area contributed by atoms with Gasteiger partial charge in [0.05, 0.1) is 12.7 Å². The molecule has 1 aliphatic heterocycles. The highest BCUT2D eigenvalue weighted by Gasteiger charge is 2.28. The fraction of sp³-hybridized carbons (Fsp3) is 0.462. The topological polar surface area (TPSA) is 105 Å². The zero-order valence-electron chi connectivity index (χ0n) is 20.9. The third-order valence-corrected chi connectivity index (χ3v) is 6.59. The normalized spacial score (nSPS) is 14.3. The summed E-state index contributed by atoms with van der Waals surface area (Å²) in [6.07, 6.45) is 2.25. The molecule has 9 heteroatoms. The number of methoxy groups -OCH3 is 1. The molecule has 3 aromatic rings. The van der Waals surface area contributed by atoms with E-state index in [2.05, 4.69) is 20.0 Å². The van der Waals surface area contributed by atoms with E-state index in [1.165, 1.54) is 12.7 Å². The number of piperazine rings is 1. The molecular weight excluding hydrogens is 446 g/mol. The zero-order chi connectivity index (χ0) is 24.9. The second-order valence-electron chi connectivity index (χ2n) is 8.94. The van der Waals surface area contributed by atoms with Crippen LogP contribution in [-0.2, 0) is 17.6 Å². The first-order valence-electron chi connectivity index (χ1n) is 12.1. The van der Waals surface area contributed by atoms with E-state index in [0.717, 1.165) is 43.7 Å². The van der Waals surface area contributed by atoms with Crippen molar-refractivity contribution in [1.29, 1.82) is 0 Å². The first kappa shape index (κ1) is 24.7. The van der Waals surface area contributed by atoms with Gasteiger partial charge in [-0.25, -0.2) is 4.79 Å². The minimum Gasteiger partial charge on any atom is -0.465 e. The predicted molar refractivity (Wildman–Crippen MR) is 131 cm³/mol. The van der Waals surface area contributed by atoms with E-state index < -0.39 is 5.97 Å². The number of rotatable bonds is 8. The number of hydrogen-bond acceptors (Lipinski definition) is 7.